The van der Waals surface area contributed by atoms with Crippen LogP contribution in [0.5, 0.6) is 0 Å². The van der Waals surface area contributed by atoms with E-state index >= 15 is 0 Å². The molecule has 0 aliphatic rings. The van der Waals surface area contributed by atoms with Crippen molar-refractivity contribution in [3.63, 3.8) is 0 Å². The highest BCUT2D eigenvalue weighted by Gasteiger charge is 2.19. The van der Waals surface area contributed by atoms with Crippen molar-refractivity contribution >= 4 is 6.09 Å². The number of halogens is 2. The standard InChI is InChI=1S/C12H16F2N2O2/c1-12(13,14)7-8-15-16-11(17)18-9-10-5-3-2-4-6-10/h2-6,15H,7-9H2,1H3,(H,16,17). The van der Waals surface area contributed by atoms with Crippen LogP contribution in [0.2, 0.25) is 0 Å². The number of hydrogen-bond donors (Lipinski definition) is 2. The number of hydrazine groups is 1. The Hall–Kier alpha value is -1.69. The predicted molar refractivity (Wildman–Crippen MR) is 63.0 cm³/mol. The lowest BCUT2D eigenvalue weighted by Gasteiger charge is -2.11. The van der Waals surface area contributed by atoms with Crippen LogP contribution < -0.4 is 10.9 Å². The first-order chi connectivity index (χ1) is 8.47. The molecule has 0 aromatic heterocycles. The van der Waals surface area contributed by atoms with E-state index in [4.69, 9.17) is 4.74 Å². The van der Waals surface area contributed by atoms with E-state index < -0.39 is 12.0 Å². The Morgan fingerprint density at radius 1 is 1.33 bits per heavy atom. The van der Waals surface area contributed by atoms with Crippen molar-refractivity contribution in [1.82, 2.24) is 10.9 Å². The first-order valence-corrected chi connectivity index (χ1v) is 5.55. The third kappa shape index (κ3) is 6.80. The fourth-order valence-electron chi connectivity index (χ4n) is 1.18. The molecule has 0 radical (unpaired) electrons. The molecule has 1 rings (SSSR count). The molecule has 0 bridgehead atoms. The number of ether oxygens (including phenoxy) is 1. The SMILES string of the molecule is CC(F)(F)CCNNC(=O)OCc1ccccc1. The van der Waals surface area contributed by atoms with Crippen LogP contribution in [-0.2, 0) is 11.3 Å². The van der Waals surface area contributed by atoms with Gasteiger partial charge in [0.25, 0.3) is 0 Å². The van der Waals surface area contributed by atoms with Gasteiger partial charge >= 0.3 is 6.09 Å². The highest BCUT2D eigenvalue weighted by atomic mass is 19.3. The van der Waals surface area contributed by atoms with E-state index in [0.717, 1.165) is 12.5 Å². The van der Waals surface area contributed by atoms with E-state index in [1.807, 2.05) is 30.3 Å². The Morgan fingerprint density at radius 3 is 2.61 bits per heavy atom. The van der Waals surface area contributed by atoms with Gasteiger partial charge in [-0.15, -0.1) is 0 Å². The second kappa shape index (κ2) is 6.90. The summed E-state index contributed by atoms with van der Waals surface area (Å²) in [6.07, 6.45) is -1.05. The number of rotatable bonds is 6. The second-order valence-corrected chi connectivity index (χ2v) is 3.93. The number of carbonyl (C=O) groups is 1. The Kier molecular flexibility index (Phi) is 5.51. The number of amides is 1. The predicted octanol–water partition coefficient (Wildman–Crippen LogP) is 2.46. The van der Waals surface area contributed by atoms with Gasteiger partial charge in [0, 0.05) is 13.0 Å². The van der Waals surface area contributed by atoms with Crippen LogP contribution in [0.1, 0.15) is 18.9 Å². The summed E-state index contributed by atoms with van der Waals surface area (Å²) in [7, 11) is 0. The highest BCUT2D eigenvalue weighted by molar-refractivity contribution is 5.66. The van der Waals surface area contributed by atoms with E-state index in [-0.39, 0.29) is 19.6 Å². The summed E-state index contributed by atoms with van der Waals surface area (Å²) in [6, 6.07) is 9.16. The van der Waals surface area contributed by atoms with Gasteiger partial charge in [0.15, 0.2) is 0 Å². The zero-order valence-corrected chi connectivity index (χ0v) is 10.1. The number of nitrogens with one attached hydrogen (secondary N) is 2. The summed E-state index contributed by atoms with van der Waals surface area (Å²) < 4.78 is 29.7. The zero-order valence-electron chi connectivity index (χ0n) is 10.1. The number of alkyl halides is 2. The molecule has 4 nitrogen and oxygen atoms in total. The average molecular weight is 258 g/mol. The maximum absolute atomic E-state index is 12.4. The summed E-state index contributed by atoms with van der Waals surface area (Å²) in [5.41, 5.74) is 5.41. The van der Waals surface area contributed by atoms with E-state index in [1.165, 1.54) is 0 Å². The van der Waals surface area contributed by atoms with E-state index in [2.05, 4.69) is 10.9 Å². The minimum atomic E-state index is -2.75. The third-order valence-corrected chi connectivity index (χ3v) is 2.09. The summed E-state index contributed by atoms with van der Waals surface area (Å²) in [6.45, 7) is 0.935. The monoisotopic (exact) mass is 258 g/mol. The summed E-state index contributed by atoms with van der Waals surface area (Å²) in [4.78, 5) is 11.2. The number of hydrogen-bond acceptors (Lipinski definition) is 3. The molecule has 18 heavy (non-hydrogen) atoms. The molecule has 0 saturated carbocycles. The number of carbonyl (C=O) groups excluding carboxylic acids is 1. The van der Waals surface area contributed by atoms with Gasteiger partial charge in [-0.25, -0.2) is 19.0 Å². The highest BCUT2D eigenvalue weighted by Crippen LogP contribution is 2.14. The molecule has 6 heteroatoms. The quantitative estimate of drug-likeness (QED) is 0.608. The van der Waals surface area contributed by atoms with Crippen LogP contribution in [0.3, 0.4) is 0 Å². The van der Waals surface area contributed by atoms with Crippen LogP contribution in [0.4, 0.5) is 13.6 Å². The summed E-state index contributed by atoms with van der Waals surface area (Å²) in [5.74, 6) is -2.75. The topological polar surface area (TPSA) is 50.4 Å². The van der Waals surface area contributed by atoms with Crippen molar-refractivity contribution in [2.75, 3.05) is 6.54 Å². The molecule has 1 amide bonds. The summed E-state index contributed by atoms with van der Waals surface area (Å²) in [5, 5.41) is 0. The lowest BCUT2D eigenvalue weighted by Crippen LogP contribution is -2.39. The molecule has 100 valence electrons. The van der Waals surface area contributed by atoms with Crippen molar-refractivity contribution in [2.45, 2.75) is 25.9 Å². The minimum absolute atomic E-state index is 0.0239. The van der Waals surface area contributed by atoms with Crippen LogP contribution in [0.15, 0.2) is 30.3 Å². The largest absolute Gasteiger partial charge is 0.444 e. The molecular formula is C12H16F2N2O2. The van der Waals surface area contributed by atoms with Crippen LogP contribution in [0.25, 0.3) is 0 Å². The maximum Gasteiger partial charge on any atom is 0.421 e. The molecule has 0 spiro atoms. The van der Waals surface area contributed by atoms with Crippen molar-refractivity contribution in [3.8, 4) is 0 Å². The molecule has 2 N–H and O–H groups in total. The van der Waals surface area contributed by atoms with E-state index in [1.54, 1.807) is 0 Å². The molecule has 1 aromatic rings. The van der Waals surface area contributed by atoms with Crippen LogP contribution >= 0.6 is 0 Å². The summed E-state index contributed by atoms with van der Waals surface area (Å²) >= 11 is 0. The fraction of sp³-hybridized carbons (Fsp3) is 0.417. The Morgan fingerprint density at radius 2 is 2.00 bits per heavy atom. The average Bonchev–Trinajstić information content (AvgIpc) is 2.32. The normalized spacial score (nSPS) is 11.1. The van der Waals surface area contributed by atoms with Gasteiger partial charge in [-0.2, -0.15) is 0 Å². The lowest BCUT2D eigenvalue weighted by molar-refractivity contribution is 0.0124. The Bertz CT molecular complexity index is 366. The van der Waals surface area contributed by atoms with Gasteiger partial charge in [-0.3, -0.25) is 5.43 Å². The molecule has 0 aliphatic carbocycles. The minimum Gasteiger partial charge on any atom is -0.444 e. The van der Waals surface area contributed by atoms with Crippen molar-refractivity contribution in [3.05, 3.63) is 35.9 Å². The third-order valence-electron chi connectivity index (χ3n) is 2.09. The van der Waals surface area contributed by atoms with Crippen molar-refractivity contribution < 1.29 is 18.3 Å². The molecule has 0 saturated heterocycles. The van der Waals surface area contributed by atoms with Gasteiger partial charge in [0.2, 0.25) is 5.92 Å². The molecular weight excluding hydrogens is 242 g/mol. The Labute approximate surface area is 104 Å². The first-order valence-electron chi connectivity index (χ1n) is 5.55. The van der Waals surface area contributed by atoms with Crippen molar-refractivity contribution in [1.29, 1.82) is 0 Å². The van der Waals surface area contributed by atoms with E-state index in [0.29, 0.717) is 0 Å². The number of benzene rings is 1. The van der Waals surface area contributed by atoms with Gasteiger partial charge in [-0.1, -0.05) is 30.3 Å². The van der Waals surface area contributed by atoms with Crippen LogP contribution in [0, 0.1) is 0 Å². The van der Waals surface area contributed by atoms with Gasteiger partial charge in [-0.05, 0) is 12.5 Å². The molecule has 0 fully saturated rings. The lowest BCUT2D eigenvalue weighted by atomic mass is 10.2. The smallest absolute Gasteiger partial charge is 0.421 e. The molecule has 0 aliphatic heterocycles. The molecule has 0 atom stereocenters. The zero-order chi connectivity index (χ0) is 13.4. The van der Waals surface area contributed by atoms with Crippen LogP contribution in [-0.4, -0.2) is 18.6 Å². The van der Waals surface area contributed by atoms with Gasteiger partial charge in [0.05, 0.1) is 0 Å². The van der Waals surface area contributed by atoms with E-state index in [9.17, 15) is 13.6 Å². The second-order valence-electron chi connectivity index (χ2n) is 3.93. The van der Waals surface area contributed by atoms with Gasteiger partial charge in [0.1, 0.15) is 6.61 Å². The fourth-order valence-corrected chi connectivity index (χ4v) is 1.18. The Balaban J connectivity index is 2.11. The molecule has 0 unspecified atom stereocenters. The molecule has 0 heterocycles. The maximum atomic E-state index is 12.4. The van der Waals surface area contributed by atoms with Crippen molar-refractivity contribution in [2.24, 2.45) is 0 Å². The molecule has 1 aromatic carbocycles. The van der Waals surface area contributed by atoms with Gasteiger partial charge < -0.3 is 4.74 Å². The first kappa shape index (κ1) is 14.4.